The summed E-state index contributed by atoms with van der Waals surface area (Å²) in [6.45, 7) is 23.3. The Hall–Kier alpha value is -1.50. The Bertz CT molecular complexity index is 1090. The Labute approximate surface area is 203 Å². The third-order valence-electron chi connectivity index (χ3n) is 10.9. The Morgan fingerprint density at radius 2 is 1.15 bits per heavy atom. The van der Waals surface area contributed by atoms with Gasteiger partial charge in [-0.05, 0) is 63.3 Å². The van der Waals surface area contributed by atoms with Gasteiger partial charge in [0.05, 0.1) is 0 Å². The monoisotopic (exact) mass is 438 g/mol. The number of allylic oxidation sites excluding steroid dienone is 12. The van der Waals surface area contributed by atoms with Crippen molar-refractivity contribution in [3.63, 3.8) is 0 Å². The van der Waals surface area contributed by atoms with Crippen LogP contribution >= 0.6 is 0 Å². The van der Waals surface area contributed by atoms with Gasteiger partial charge in [0.15, 0.2) is 6.71 Å². The highest BCUT2D eigenvalue weighted by Gasteiger charge is 2.69. The minimum atomic E-state index is 0.197. The van der Waals surface area contributed by atoms with E-state index < -0.39 is 0 Å². The molecule has 3 saturated heterocycles. The van der Waals surface area contributed by atoms with E-state index in [1.165, 1.54) is 6.42 Å². The molecule has 0 amide bonds. The summed E-state index contributed by atoms with van der Waals surface area (Å²) < 4.78 is 0. The molecule has 0 spiro atoms. The first kappa shape index (κ1) is 22.0. The predicted molar refractivity (Wildman–Crippen MR) is 144 cm³/mol. The van der Waals surface area contributed by atoms with Crippen molar-refractivity contribution < 1.29 is 0 Å². The fraction of sp³-hybridized carbons (Fsp3) is 0.625. The highest BCUT2D eigenvalue weighted by Crippen LogP contribution is 2.76. The van der Waals surface area contributed by atoms with E-state index in [0.717, 1.165) is 6.71 Å². The highest BCUT2D eigenvalue weighted by atomic mass is 14.6. The maximum atomic E-state index is 2.74. The van der Waals surface area contributed by atoms with Crippen molar-refractivity contribution in [1.82, 2.24) is 0 Å². The van der Waals surface area contributed by atoms with Crippen molar-refractivity contribution in [3.05, 3.63) is 70.9 Å². The molecule has 0 bridgehead atoms. The Kier molecular flexibility index (Phi) is 4.25. The van der Waals surface area contributed by atoms with Crippen LogP contribution in [0.2, 0.25) is 17.5 Å². The maximum absolute atomic E-state index is 2.74. The standard InChI is InChI=1S/C32H43B/c1-29(2,3)18-19-16-24-28-25(17-19)32(8,9)23-15-11-13-21-27(23)33(28)26-20(30(21,4)5)12-10-14-22(26)31(24,6)7/h10-17,20,23-24,26-28H,18H2,1-9H3. The molecule has 6 aliphatic rings. The summed E-state index contributed by atoms with van der Waals surface area (Å²) in [7, 11) is 0. The molecule has 3 aliphatic heterocycles. The van der Waals surface area contributed by atoms with Crippen molar-refractivity contribution in [2.75, 3.05) is 0 Å². The molecule has 6 rings (SSSR count). The van der Waals surface area contributed by atoms with Crippen LogP contribution in [-0.2, 0) is 0 Å². The van der Waals surface area contributed by atoms with E-state index in [1.54, 1.807) is 22.3 Å². The SMILES string of the molecule is CC(C)(C)CC1=CC2C3B4C5C(=CC=CC5C(C)(C)C5=CC=CC(C45)C(C)(C)C3=C1)C2(C)C. The Balaban J connectivity index is 1.62. The molecule has 0 N–H and O–H groups in total. The summed E-state index contributed by atoms with van der Waals surface area (Å²) in [4.78, 5) is 0. The summed E-state index contributed by atoms with van der Waals surface area (Å²) in [6.07, 6.45) is 21.6. The van der Waals surface area contributed by atoms with Crippen LogP contribution in [0, 0.1) is 39.4 Å². The zero-order chi connectivity index (χ0) is 23.7. The second-order valence-electron chi connectivity index (χ2n) is 15.0. The Morgan fingerprint density at radius 3 is 1.67 bits per heavy atom. The normalized spacial score (nSPS) is 40.3. The van der Waals surface area contributed by atoms with E-state index >= 15 is 0 Å². The molecule has 3 heterocycles. The molecule has 0 nitrogen and oxygen atoms in total. The summed E-state index contributed by atoms with van der Waals surface area (Å²) in [5.74, 6) is 3.84. The molecule has 0 aromatic rings. The molecule has 3 fully saturated rings. The molecule has 1 heteroatoms. The molecule has 0 radical (unpaired) electrons. The first-order valence-corrected chi connectivity index (χ1v) is 13.5. The van der Waals surface area contributed by atoms with Gasteiger partial charge in [-0.3, -0.25) is 0 Å². The molecule has 6 atom stereocenters. The Morgan fingerprint density at radius 1 is 0.697 bits per heavy atom. The molecular formula is C32H43B. The minimum absolute atomic E-state index is 0.197. The van der Waals surface area contributed by atoms with Crippen LogP contribution in [0.25, 0.3) is 0 Å². The maximum Gasteiger partial charge on any atom is 0.165 e. The lowest BCUT2D eigenvalue weighted by Crippen LogP contribution is -2.63. The average molecular weight is 439 g/mol. The van der Waals surface area contributed by atoms with E-state index in [0.29, 0.717) is 40.6 Å². The fourth-order valence-electron chi connectivity index (χ4n) is 9.53. The van der Waals surface area contributed by atoms with Gasteiger partial charge in [0, 0.05) is 0 Å². The van der Waals surface area contributed by atoms with E-state index in [4.69, 9.17) is 0 Å². The molecule has 0 aromatic carbocycles. The molecule has 0 aromatic heterocycles. The smallest absolute Gasteiger partial charge is 0.0807 e. The average Bonchev–Trinajstić information content (AvgIpc) is 2.71. The van der Waals surface area contributed by atoms with Crippen LogP contribution < -0.4 is 0 Å². The minimum Gasteiger partial charge on any atom is -0.0807 e. The summed E-state index contributed by atoms with van der Waals surface area (Å²) in [5.41, 5.74) is 7.76. The van der Waals surface area contributed by atoms with Crippen LogP contribution in [0.1, 0.15) is 68.7 Å². The van der Waals surface area contributed by atoms with E-state index in [-0.39, 0.29) is 16.2 Å². The van der Waals surface area contributed by atoms with Gasteiger partial charge < -0.3 is 0 Å². The quantitative estimate of drug-likeness (QED) is 0.359. The third kappa shape index (κ3) is 2.72. The predicted octanol–water partition coefficient (Wildman–Crippen LogP) is 8.85. The van der Waals surface area contributed by atoms with Gasteiger partial charge in [0.25, 0.3) is 0 Å². The number of rotatable bonds is 1. The van der Waals surface area contributed by atoms with Crippen LogP contribution in [0.3, 0.4) is 0 Å². The van der Waals surface area contributed by atoms with E-state index in [9.17, 15) is 0 Å². The van der Waals surface area contributed by atoms with Crippen LogP contribution in [0.15, 0.2) is 70.9 Å². The summed E-state index contributed by atoms with van der Waals surface area (Å²) >= 11 is 0. The lowest BCUT2D eigenvalue weighted by Gasteiger charge is -2.69. The highest BCUT2D eigenvalue weighted by molar-refractivity contribution is 6.68. The molecule has 174 valence electrons. The van der Waals surface area contributed by atoms with Crippen molar-refractivity contribution >= 4 is 6.71 Å². The van der Waals surface area contributed by atoms with Crippen molar-refractivity contribution in [2.45, 2.75) is 86.2 Å². The largest absolute Gasteiger partial charge is 0.165 e. The van der Waals surface area contributed by atoms with E-state index in [2.05, 4.69) is 111 Å². The second-order valence-corrected chi connectivity index (χ2v) is 15.0. The van der Waals surface area contributed by atoms with Crippen molar-refractivity contribution in [1.29, 1.82) is 0 Å². The number of hydrogen-bond donors (Lipinski definition) is 0. The van der Waals surface area contributed by atoms with Gasteiger partial charge in [-0.2, -0.15) is 0 Å². The van der Waals surface area contributed by atoms with Crippen molar-refractivity contribution in [3.8, 4) is 0 Å². The number of hydrogen-bond acceptors (Lipinski definition) is 0. The lowest BCUT2D eigenvalue weighted by atomic mass is 9.10. The fourth-order valence-corrected chi connectivity index (χ4v) is 9.53. The molecule has 0 saturated carbocycles. The first-order chi connectivity index (χ1) is 15.3. The summed E-state index contributed by atoms with van der Waals surface area (Å²) in [5, 5.41) is 0. The van der Waals surface area contributed by atoms with Crippen LogP contribution in [-0.4, -0.2) is 6.71 Å². The molecule has 6 unspecified atom stereocenters. The molecule has 33 heavy (non-hydrogen) atoms. The lowest BCUT2D eigenvalue weighted by molar-refractivity contribution is 0.161. The van der Waals surface area contributed by atoms with Gasteiger partial charge in [-0.25, -0.2) is 0 Å². The molecule has 3 aliphatic carbocycles. The molecular weight excluding hydrogens is 395 g/mol. The van der Waals surface area contributed by atoms with Gasteiger partial charge in [-0.15, -0.1) is 0 Å². The van der Waals surface area contributed by atoms with Crippen LogP contribution in [0.5, 0.6) is 0 Å². The van der Waals surface area contributed by atoms with Crippen LogP contribution in [0.4, 0.5) is 0 Å². The topological polar surface area (TPSA) is 0 Å². The van der Waals surface area contributed by atoms with Crippen molar-refractivity contribution in [2.24, 2.45) is 39.4 Å². The van der Waals surface area contributed by atoms with Gasteiger partial charge in [-0.1, -0.05) is 133 Å². The summed E-state index contributed by atoms with van der Waals surface area (Å²) in [6, 6.07) is 0. The van der Waals surface area contributed by atoms with Gasteiger partial charge >= 0.3 is 0 Å². The third-order valence-corrected chi connectivity index (χ3v) is 10.9. The first-order valence-electron chi connectivity index (χ1n) is 13.5. The second kappa shape index (κ2) is 6.38. The zero-order valence-electron chi connectivity index (χ0n) is 22.4. The van der Waals surface area contributed by atoms with Gasteiger partial charge in [0.1, 0.15) is 0 Å². The van der Waals surface area contributed by atoms with Gasteiger partial charge in [0.2, 0.25) is 0 Å². The zero-order valence-corrected chi connectivity index (χ0v) is 22.4. The van der Waals surface area contributed by atoms with E-state index in [1.807, 2.05) is 0 Å².